The van der Waals surface area contributed by atoms with E-state index in [0.717, 1.165) is 12.3 Å². The van der Waals surface area contributed by atoms with Gasteiger partial charge in [-0.2, -0.15) is 0 Å². The molecule has 0 heterocycles. The van der Waals surface area contributed by atoms with Crippen molar-refractivity contribution in [2.24, 2.45) is 11.7 Å². The van der Waals surface area contributed by atoms with E-state index in [9.17, 15) is 0 Å². The molecule has 0 saturated heterocycles. The van der Waals surface area contributed by atoms with Crippen molar-refractivity contribution in [3.05, 3.63) is 60.2 Å². The maximum atomic E-state index is 6.53. The first-order valence-corrected chi connectivity index (χ1v) is 8.23. The number of nitrogens with two attached hydrogens (primary N) is 1. The van der Waals surface area contributed by atoms with E-state index in [1.807, 2.05) is 0 Å². The fourth-order valence-electron chi connectivity index (χ4n) is 3.92. The quantitative estimate of drug-likeness (QED) is 0.474. The maximum absolute atomic E-state index is 6.53. The van der Waals surface area contributed by atoms with Crippen molar-refractivity contribution in [1.82, 2.24) is 0 Å². The van der Waals surface area contributed by atoms with Crippen LogP contribution >= 0.6 is 12.4 Å². The van der Waals surface area contributed by atoms with Crippen LogP contribution in [0.2, 0.25) is 0 Å². The van der Waals surface area contributed by atoms with E-state index in [1.54, 1.807) is 0 Å². The molecule has 1 fully saturated rings. The lowest BCUT2D eigenvalue weighted by Gasteiger charge is -2.18. The second-order valence-electron chi connectivity index (χ2n) is 6.80. The molecule has 23 heavy (non-hydrogen) atoms. The van der Waals surface area contributed by atoms with Crippen molar-refractivity contribution >= 4 is 44.7 Å². The van der Waals surface area contributed by atoms with Crippen LogP contribution in [0.25, 0.3) is 32.3 Å². The average Bonchev–Trinajstić information content (AvgIpc) is 3.36. The van der Waals surface area contributed by atoms with Gasteiger partial charge in [-0.1, -0.05) is 67.4 Å². The minimum atomic E-state index is 0. The summed E-state index contributed by atoms with van der Waals surface area (Å²) in [6.45, 7) is 0. The Kier molecular flexibility index (Phi) is 3.44. The summed E-state index contributed by atoms with van der Waals surface area (Å²) in [5.41, 5.74) is 7.85. The van der Waals surface area contributed by atoms with Crippen LogP contribution in [0.1, 0.15) is 30.9 Å². The van der Waals surface area contributed by atoms with E-state index >= 15 is 0 Å². The molecule has 0 aliphatic heterocycles. The molecule has 1 aliphatic rings. The van der Waals surface area contributed by atoms with Crippen molar-refractivity contribution in [2.75, 3.05) is 0 Å². The first kappa shape index (κ1) is 14.7. The zero-order chi connectivity index (χ0) is 14.7. The zero-order valence-corrected chi connectivity index (χ0v) is 13.8. The summed E-state index contributed by atoms with van der Waals surface area (Å²) in [4.78, 5) is 0. The normalized spacial score (nSPS) is 16.0. The number of rotatable bonds is 3. The predicted molar refractivity (Wildman–Crippen MR) is 102 cm³/mol. The third kappa shape index (κ3) is 2.27. The Morgan fingerprint density at radius 1 is 0.826 bits per heavy atom. The molecule has 0 radical (unpaired) electrons. The summed E-state index contributed by atoms with van der Waals surface area (Å²) in [7, 11) is 0. The van der Waals surface area contributed by atoms with Gasteiger partial charge in [0.05, 0.1) is 0 Å². The van der Waals surface area contributed by atoms with Gasteiger partial charge in [0.2, 0.25) is 0 Å². The first-order valence-electron chi connectivity index (χ1n) is 8.23. The van der Waals surface area contributed by atoms with Gasteiger partial charge in [-0.3, -0.25) is 0 Å². The van der Waals surface area contributed by atoms with Crippen molar-refractivity contribution in [2.45, 2.75) is 25.3 Å². The average molecular weight is 322 g/mol. The van der Waals surface area contributed by atoms with Crippen LogP contribution in [0.3, 0.4) is 0 Å². The smallest absolute Gasteiger partial charge is 0.0303 e. The van der Waals surface area contributed by atoms with Gasteiger partial charge in [0.1, 0.15) is 0 Å². The third-order valence-electron chi connectivity index (χ3n) is 5.25. The van der Waals surface area contributed by atoms with E-state index < -0.39 is 0 Å². The highest BCUT2D eigenvalue weighted by atomic mass is 35.5. The van der Waals surface area contributed by atoms with Crippen molar-refractivity contribution in [3.63, 3.8) is 0 Å². The zero-order valence-electron chi connectivity index (χ0n) is 13.0. The monoisotopic (exact) mass is 321 g/mol. The highest BCUT2D eigenvalue weighted by Gasteiger charge is 2.25. The second-order valence-corrected chi connectivity index (χ2v) is 6.80. The van der Waals surface area contributed by atoms with Gasteiger partial charge in [-0.05, 0) is 50.2 Å². The summed E-state index contributed by atoms with van der Waals surface area (Å²) in [6, 6.07) is 20.2. The molecule has 1 saturated carbocycles. The Labute approximate surface area is 142 Å². The van der Waals surface area contributed by atoms with E-state index in [1.165, 1.54) is 50.7 Å². The lowest BCUT2D eigenvalue weighted by Crippen LogP contribution is -2.11. The van der Waals surface area contributed by atoms with E-state index in [2.05, 4.69) is 54.6 Å². The van der Waals surface area contributed by atoms with Crippen molar-refractivity contribution in [1.29, 1.82) is 0 Å². The molecule has 1 nitrogen and oxygen atoms in total. The molecule has 5 rings (SSSR count). The number of halogens is 1. The summed E-state index contributed by atoms with van der Waals surface area (Å²) >= 11 is 0. The van der Waals surface area contributed by atoms with E-state index in [-0.39, 0.29) is 18.4 Å². The van der Waals surface area contributed by atoms with Gasteiger partial charge < -0.3 is 5.73 Å². The molecular weight excluding hydrogens is 302 g/mol. The van der Waals surface area contributed by atoms with Crippen molar-refractivity contribution in [3.8, 4) is 0 Å². The summed E-state index contributed by atoms with van der Waals surface area (Å²) < 4.78 is 0. The molecule has 2 heteroatoms. The Bertz CT molecular complexity index is 971. The maximum Gasteiger partial charge on any atom is 0.0303 e. The van der Waals surface area contributed by atoms with Crippen LogP contribution in [0.4, 0.5) is 0 Å². The molecule has 116 valence electrons. The molecule has 0 aromatic heterocycles. The lowest BCUT2D eigenvalue weighted by atomic mass is 9.89. The number of hydrogen-bond acceptors (Lipinski definition) is 1. The van der Waals surface area contributed by atoms with Crippen molar-refractivity contribution < 1.29 is 0 Å². The van der Waals surface area contributed by atoms with Gasteiger partial charge in [0.25, 0.3) is 0 Å². The van der Waals surface area contributed by atoms with Gasteiger partial charge in [-0.25, -0.2) is 0 Å². The fourth-order valence-corrected chi connectivity index (χ4v) is 3.92. The van der Waals surface area contributed by atoms with E-state index in [4.69, 9.17) is 5.73 Å². The molecule has 4 aromatic carbocycles. The summed E-state index contributed by atoms with van der Waals surface area (Å²) in [6.07, 6.45) is 3.85. The van der Waals surface area contributed by atoms with Gasteiger partial charge in [0, 0.05) is 6.04 Å². The SMILES string of the molecule is Cl.N[C@@H](CC1CC1)c1ccc2ccc3cccc4ccc1c2c34. The molecule has 4 aromatic rings. The fraction of sp³-hybridized carbons (Fsp3) is 0.238. The molecule has 1 aliphatic carbocycles. The largest absolute Gasteiger partial charge is 0.324 e. The minimum absolute atomic E-state index is 0. The minimum Gasteiger partial charge on any atom is -0.324 e. The predicted octanol–water partition coefficient (Wildman–Crippen LogP) is 5.81. The molecule has 0 unspecified atom stereocenters. The molecule has 2 N–H and O–H groups in total. The highest BCUT2D eigenvalue weighted by molar-refractivity contribution is 6.23. The second kappa shape index (κ2) is 5.36. The Morgan fingerprint density at radius 2 is 1.43 bits per heavy atom. The molecule has 0 bridgehead atoms. The number of benzene rings is 4. The van der Waals surface area contributed by atoms with E-state index in [0.29, 0.717) is 0 Å². The van der Waals surface area contributed by atoms with Crippen LogP contribution in [0.5, 0.6) is 0 Å². The molecular formula is C21H20ClN. The van der Waals surface area contributed by atoms with Gasteiger partial charge >= 0.3 is 0 Å². The third-order valence-corrected chi connectivity index (χ3v) is 5.25. The lowest BCUT2D eigenvalue weighted by molar-refractivity contribution is 0.600. The van der Waals surface area contributed by atoms with Crippen LogP contribution in [0, 0.1) is 5.92 Å². The van der Waals surface area contributed by atoms with Crippen LogP contribution < -0.4 is 5.73 Å². The number of hydrogen-bond donors (Lipinski definition) is 1. The first-order chi connectivity index (χ1) is 10.8. The molecule has 1 atom stereocenters. The van der Waals surface area contributed by atoms with Gasteiger partial charge in [-0.15, -0.1) is 12.4 Å². The standard InChI is InChI=1S/C21H19N.ClH/c22-19(12-13-4-5-13)17-10-8-16-7-6-14-2-1-3-15-9-11-18(17)21(16)20(14)15;/h1-3,6-11,13,19H,4-5,12,22H2;1H/t19-;/m0./s1. The topological polar surface area (TPSA) is 26.0 Å². The molecule has 0 amide bonds. The Morgan fingerprint density at radius 3 is 2.13 bits per heavy atom. The Balaban J connectivity index is 0.00000135. The van der Waals surface area contributed by atoms with Crippen LogP contribution in [0.15, 0.2) is 54.6 Å². The highest BCUT2D eigenvalue weighted by Crippen LogP contribution is 2.41. The van der Waals surface area contributed by atoms with Gasteiger partial charge in [0.15, 0.2) is 0 Å². The Hall–Kier alpha value is -1.83. The summed E-state index contributed by atoms with van der Waals surface area (Å²) in [5.74, 6) is 0.855. The summed E-state index contributed by atoms with van der Waals surface area (Å²) in [5, 5.41) is 8.08. The van der Waals surface area contributed by atoms with Crippen LogP contribution in [-0.4, -0.2) is 0 Å². The van der Waals surface area contributed by atoms with Crippen LogP contribution in [-0.2, 0) is 0 Å². The molecule has 0 spiro atoms.